The van der Waals surface area contributed by atoms with E-state index in [0.717, 1.165) is 34.4 Å². The van der Waals surface area contributed by atoms with Crippen molar-refractivity contribution >= 4 is 41.8 Å². The zero-order valence-corrected chi connectivity index (χ0v) is 27.0. The van der Waals surface area contributed by atoms with E-state index in [1.807, 2.05) is 20.0 Å². The van der Waals surface area contributed by atoms with E-state index in [-0.39, 0.29) is 58.5 Å². The quantitative estimate of drug-likeness (QED) is 0.328. The second-order valence-electron chi connectivity index (χ2n) is 11.0. The van der Waals surface area contributed by atoms with Gasteiger partial charge in [0.1, 0.15) is 19.1 Å². The standard InChI is InChI=1S/C22H27F2N7O.C8H14FNO.CH4.H2S/c1-12-6-17-16(8-26-29-17)19(13(12)2)31-5-4-15-18(9-31)27-21(28-20(15)25)32-10-14-7-22(23,24)11-30(14)3;1-3-10(4-2)8(11)6-5-7-9;;/h6,8,14H,4-5,7,9-11H2,1-3H3,(H,26,29)(H2,25,27,28);5-6H,3-4,7H2,1-2H3;1H4;1H2/b;6-5+;;/t14-;;;/m0.../s1. The Bertz CT molecular complexity index is 1460. The molecule has 0 unspecified atom stereocenters. The second kappa shape index (κ2) is 16.2. The van der Waals surface area contributed by atoms with E-state index >= 15 is 0 Å². The van der Waals surface area contributed by atoms with E-state index in [1.54, 1.807) is 16.8 Å². The van der Waals surface area contributed by atoms with Gasteiger partial charge in [-0.1, -0.05) is 7.43 Å². The Labute approximate surface area is 270 Å². The van der Waals surface area contributed by atoms with Crippen LogP contribution in [0.1, 0.15) is 50.1 Å². The van der Waals surface area contributed by atoms with Crippen LogP contribution < -0.4 is 15.4 Å². The number of H-pyrrole nitrogens is 1. The van der Waals surface area contributed by atoms with Crippen LogP contribution in [0, 0.1) is 13.8 Å². The number of benzene rings is 1. The highest BCUT2D eigenvalue weighted by atomic mass is 32.1. The average Bonchev–Trinajstić information content (AvgIpc) is 3.53. The Balaban J connectivity index is 0.000000470. The molecule has 2 aromatic heterocycles. The predicted octanol–water partition coefficient (Wildman–Crippen LogP) is 4.96. The number of nitrogens with two attached hydrogens (primary N) is 1. The number of aromatic amines is 1. The molecule has 0 spiro atoms. The van der Waals surface area contributed by atoms with Crippen LogP contribution in [0.2, 0.25) is 0 Å². The summed E-state index contributed by atoms with van der Waals surface area (Å²) in [5, 5.41) is 8.34. The molecule has 1 saturated heterocycles. The molecule has 0 radical (unpaired) electrons. The number of halogens is 3. The number of carbonyl (C=O) groups is 1. The Morgan fingerprint density at radius 3 is 2.60 bits per heavy atom. The number of nitrogens with zero attached hydrogens (tertiary/aromatic N) is 6. The molecule has 0 bridgehead atoms. The monoisotopic (exact) mass is 652 g/mol. The van der Waals surface area contributed by atoms with Crippen molar-refractivity contribution in [1.29, 1.82) is 0 Å². The number of anilines is 2. The third-order valence-corrected chi connectivity index (χ3v) is 8.09. The molecule has 250 valence electrons. The molecule has 2 aliphatic heterocycles. The lowest BCUT2D eigenvalue weighted by Gasteiger charge is -2.32. The fourth-order valence-corrected chi connectivity index (χ4v) is 5.61. The lowest BCUT2D eigenvalue weighted by atomic mass is 9.99. The van der Waals surface area contributed by atoms with Crippen LogP contribution in [0.3, 0.4) is 0 Å². The Morgan fingerprint density at radius 1 is 1.27 bits per heavy atom. The highest BCUT2D eigenvalue weighted by Crippen LogP contribution is 2.36. The van der Waals surface area contributed by atoms with Gasteiger partial charge in [-0.15, -0.1) is 0 Å². The largest absolute Gasteiger partial charge is 0.462 e. The van der Waals surface area contributed by atoms with Gasteiger partial charge in [-0.25, -0.2) is 13.2 Å². The highest BCUT2D eigenvalue weighted by Gasteiger charge is 2.43. The lowest BCUT2D eigenvalue weighted by molar-refractivity contribution is -0.125. The molecule has 45 heavy (non-hydrogen) atoms. The molecule has 1 fully saturated rings. The van der Waals surface area contributed by atoms with Crippen molar-refractivity contribution in [3.63, 3.8) is 0 Å². The smallest absolute Gasteiger partial charge is 0.318 e. The van der Waals surface area contributed by atoms with Crippen molar-refractivity contribution in [2.45, 2.75) is 66.5 Å². The fraction of sp³-hybridized carbons (Fsp3) is 0.548. The molecule has 1 amide bonds. The van der Waals surface area contributed by atoms with Crippen LogP contribution in [-0.4, -0.2) is 94.3 Å². The molecule has 5 rings (SSSR count). The summed E-state index contributed by atoms with van der Waals surface area (Å²) in [6.07, 6.45) is 4.83. The number of likely N-dealkylation sites (N-methyl/N-ethyl adjacent to an activating group) is 2. The Morgan fingerprint density at radius 2 is 1.98 bits per heavy atom. The number of likely N-dealkylation sites (tertiary alicyclic amines) is 1. The minimum Gasteiger partial charge on any atom is -0.462 e. The van der Waals surface area contributed by atoms with Gasteiger partial charge in [0.15, 0.2) is 0 Å². The number of nitrogens with one attached hydrogen (secondary N) is 1. The summed E-state index contributed by atoms with van der Waals surface area (Å²) in [5.41, 5.74) is 12.5. The van der Waals surface area contributed by atoms with Crippen LogP contribution >= 0.6 is 13.5 Å². The van der Waals surface area contributed by atoms with Gasteiger partial charge in [0, 0.05) is 49.1 Å². The first-order valence-corrected chi connectivity index (χ1v) is 14.5. The number of aryl methyl sites for hydroxylation is 1. The minimum absolute atomic E-state index is 0. The fourth-order valence-electron chi connectivity index (χ4n) is 5.61. The van der Waals surface area contributed by atoms with Crippen LogP contribution in [-0.2, 0) is 17.8 Å². The maximum absolute atomic E-state index is 13.7. The van der Waals surface area contributed by atoms with Gasteiger partial charge < -0.3 is 20.3 Å². The summed E-state index contributed by atoms with van der Waals surface area (Å²) in [5.74, 6) is -2.42. The van der Waals surface area contributed by atoms with Crippen molar-refractivity contribution < 1.29 is 22.7 Å². The van der Waals surface area contributed by atoms with Crippen molar-refractivity contribution in [2.75, 3.05) is 57.1 Å². The molecule has 3 aromatic rings. The Kier molecular flexibility index (Phi) is 13.5. The summed E-state index contributed by atoms with van der Waals surface area (Å²) in [7, 11) is 1.68. The van der Waals surface area contributed by atoms with E-state index in [4.69, 9.17) is 10.5 Å². The number of alkyl halides is 3. The average molecular weight is 653 g/mol. The van der Waals surface area contributed by atoms with Gasteiger partial charge >= 0.3 is 6.01 Å². The van der Waals surface area contributed by atoms with E-state index in [9.17, 15) is 18.0 Å². The second-order valence-corrected chi connectivity index (χ2v) is 11.0. The number of rotatable bonds is 8. The first-order valence-electron chi connectivity index (χ1n) is 14.5. The maximum Gasteiger partial charge on any atom is 0.318 e. The normalized spacial score (nSPS) is 17.2. The van der Waals surface area contributed by atoms with Crippen molar-refractivity contribution in [1.82, 2.24) is 30.0 Å². The molecule has 4 heterocycles. The molecule has 14 heteroatoms. The molecule has 0 saturated carbocycles. The van der Waals surface area contributed by atoms with Gasteiger partial charge in [-0.3, -0.25) is 14.8 Å². The van der Waals surface area contributed by atoms with E-state index < -0.39 is 12.6 Å². The summed E-state index contributed by atoms with van der Waals surface area (Å²) in [6, 6.07) is 1.86. The molecule has 0 aliphatic carbocycles. The SMILES string of the molecule is C.CCN(CC)C(=O)/C=C/CF.Cc1cc2[nH]ncc2c(N2CCc3c(N)nc(OC[C@@H]4CC(F)(F)CN4C)nc3C2)c1C.S. The van der Waals surface area contributed by atoms with Crippen molar-refractivity contribution in [2.24, 2.45) is 0 Å². The molecule has 10 nitrogen and oxygen atoms in total. The molecule has 3 N–H and O–H groups in total. The van der Waals surface area contributed by atoms with Crippen molar-refractivity contribution in [3.05, 3.63) is 46.8 Å². The summed E-state index contributed by atoms with van der Waals surface area (Å²) in [6.45, 7) is 9.94. The third kappa shape index (κ3) is 8.81. The Hall–Kier alpha value is -3.52. The summed E-state index contributed by atoms with van der Waals surface area (Å²) >= 11 is 0. The first-order chi connectivity index (χ1) is 20.5. The van der Waals surface area contributed by atoms with E-state index in [0.29, 0.717) is 31.9 Å². The number of allylic oxidation sites excluding steroid dienone is 1. The zero-order chi connectivity index (χ0) is 31.3. The van der Waals surface area contributed by atoms with E-state index in [2.05, 4.69) is 45.0 Å². The van der Waals surface area contributed by atoms with Gasteiger partial charge in [-0.05, 0) is 64.4 Å². The molecular formula is C31H47F3N8O2S. The van der Waals surface area contributed by atoms with Crippen LogP contribution in [0.4, 0.5) is 24.7 Å². The number of hydrogen-bond acceptors (Lipinski definition) is 8. The topological polar surface area (TPSA) is 116 Å². The highest BCUT2D eigenvalue weighted by molar-refractivity contribution is 7.59. The van der Waals surface area contributed by atoms with Crippen LogP contribution in [0.15, 0.2) is 24.4 Å². The molecular weight excluding hydrogens is 605 g/mol. The van der Waals surface area contributed by atoms with Gasteiger partial charge in [0.05, 0.1) is 36.2 Å². The molecule has 1 aromatic carbocycles. The maximum atomic E-state index is 13.7. The van der Waals surface area contributed by atoms with Gasteiger partial charge in [0.25, 0.3) is 5.92 Å². The molecule has 1 atom stereocenters. The lowest BCUT2D eigenvalue weighted by Crippen LogP contribution is -2.33. The third-order valence-electron chi connectivity index (χ3n) is 8.09. The predicted molar refractivity (Wildman–Crippen MR) is 178 cm³/mol. The number of hydrogen-bond donors (Lipinski definition) is 2. The summed E-state index contributed by atoms with van der Waals surface area (Å²) in [4.78, 5) is 25.5. The minimum atomic E-state index is -2.69. The molecule has 2 aliphatic rings. The number of carbonyl (C=O) groups excluding carboxylic acids is 1. The number of fused-ring (bicyclic) bond motifs is 2. The van der Waals surface area contributed by atoms with Gasteiger partial charge in [-0.2, -0.15) is 28.6 Å². The zero-order valence-electron chi connectivity index (χ0n) is 26.0. The first kappa shape index (κ1) is 37.7. The van der Waals surface area contributed by atoms with E-state index in [1.165, 1.54) is 23.3 Å². The van der Waals surface area contributed by atoms with Crippen molar-refractivity contribution in [3.8, 4) is 6.01 Å². The number of amides is 1. The number of ether oxygens (including phenoxy) is 1. The van der Waals surface area contributed by atoms with Crippen LogP contribution in [0.5, 0.6) is 6.01 Å². The van der Waals surface area contributed by atoms with Gasteiger partial charge in [0.2, 0.25) is 5.91 Å². The van der Waals surface area contributed by atoms with Crippen LogP contribution in [0.25, 0.3) is 10.9 Å². The number of aromatic nitrogens is 4. The number of nitrogen functional groups attached to an aromatic ring is 1. The summed E-state index contributed by atoms with van der Waals surface area (Å²) < 4.78 is 44.6.